The van der Waals surface area contributed by atoms with Gasteiger partial charge in [-0.25, -0.2) is 15.0 Å². The van der Waals surface area contributed by atoms with E-state index in [0.29, 0.717) is 17.5 Å². The zero-order valence-corrected chi connectivity index (χ0v) is 29.0. The highest BCUT2D eigenvalue weighted by atomic mass is 15.1. The van der Waals surface area contributed by atoms with Gasteiger partial charge in [0.25, 0.3) is 0 Å². The van der Waals surface area contributed by atoms with Gasteiger partial charge in [-0.1, -0.05) is 159 Å². The molecule has 0 unspecified atom stereocenters. The van der Waals surface area contributed by atoms with Crippen molar-refractivity contribution in [2.45, 2.75) is 19.3 Å². The molecule has 0 aliphatic heterocycles. The van der Waals surface area contributed by atoms with Crippen molar-refractivity contribution in [2.75, 3.05) is 0 Å². The average molecular weight is 667 g/mol. The van der Waals surface area contributed by atoms with Crippen molar-refractivity contribution >= 4 is 21.8 Å². The summed E-state index contributed by atoms with van der Waals surface area (Å²) in [6, 6.07) is 60.0. The fraction of sp³-hybridized carbons (Fsp3) is 0.0625. The molecule has 7 aromatic carbocycles. The lowest BCUT2D eigenvalue weighted by Crippen LogP contribution is -2.17. The lowest BCUT2D eigenvalue weighted by Gasteiger charge is -2.24. The maximum atomic E-state index is 5.40. The second-order valence-electron chi connectivity index (χ2n) is 14.0. The number of fused-ring (bicyclic) bond motifs is 6. The Labute approximate surface area is 302 Å². The topological polar surface area (TPSA) is 43.6 Å². The van der Waals surface area contributed by atoms with Gasteiger partial charge in [0.05, 0.1) is 16.7 Å². The normalized spacial score (nSPS) is 13.0. The van der Waals surface area contributed by atoms with Gasteiger partial charge in [0.2, 0.25) is 0 Å². The highest BCUT2D eigenvalue weighted by Crippen LogP contribution is 2.52. The van der Waals surface area contributed by atoms with Crippen molar-refractivity contribution in [2.24, 2.45) is 0 Å². The van der Waals surface area contributed by atoms with Gasteiger partial charge in [0, 0.05) is 32.9 Å². The summed E-state index contributed by atoms with van der Waals surface area (Å²) in [6.45, 7) is 4.62. The predicted octanol–water partition coefficient (Wildman–Crippen LogP) is 11.9. The van der Waals surface area contributed by atoms with Gasteiger partial charge >= 0.3 is 0 Å². The first-order valence-corrected chi connectivity index (χ1v) is 17.8. The summed E-state index contributed by atoms with van der Waals surface area (Å²) < 4.78 is 2.37. The molecule has 246 valence electrons. The van der Waals surface area contributed by atoms with Crippen LogP contribution < -0.4 is 0 Å². The standard InChI is InChI=1S/C48H34N4/c1-48(2)40-25-12-9-20-34(40)37-23-15-24-39(44(37)48)47-50-45(32-18-7-4-8-19-32)49-46(51-47)38-29-28-33(31-16-5-3-6-17-31)30-43(38)52-41-26-13-10-21-35(41)36-22-11-14-27-42(36)52/h3-30H,1-2H3. The first kappa shape index (κ1) is 30.2. The molecule has 52 heavy (non-hydrogen) atoms. The van der Waals surface area contributed by atoms with Crippen LogP contribution in [0.15, 0.2) is 170 Å². The zero-order valence-electron chi connectivity index (χ0n) is 29.0. The second kappa shape index (κ2) is 11.7. The van der Waals surface area contributed by atoms with Crippen LogP contribution in [0.25, 0.3) is 83.9 Å². The van der Waals surface area contributed by atoms with Gasteiger partial charge in [0.1, 0.15) is 0 Å². The molecule has 9 aromatic rings. The van der Waals surface area contributed by atoms with Crippen LogP contribution in [0.4, 0.5) is 0 Å². The molecule has 0 saturated carbocycles. The van der Waals surface area contributed by atoms with E-state index in [1.165, 1.54) is 33.0 Å². The SMILES string of the molecule is CC1(C)c2ccccc2-c2cccc(-c3nc(-c4ccccc4)nc(-c4ccc(-c5ccccc5)cc4-n4c5ccccc5c5ccccc54)n3)c21. The quantitative estimate of drug-likeness (QED) is 0.184. The molecule has 1 aliphatic carbocycles. The van der Waals surface area contributed by atoms with Crippen LogP contribution in [0, 0.1) is 0 Å². The lowest BCUT2D eigenvalue weighted by atomic mass is 9.80. The number of hydrogen-bond acceptors (Lipinski definition) is 3. The Morgan fingerprint density at radius 1 is 0.404 bits per heavy atom. The molecule has 2 aromatic heterocycles. The number of rotatable bonds is 5. The molecule has 0 saturated heterocycles. The van der Waals surface area contributed by atoms with Gasteiger partial charge in [-0.2, -0.15) is 0 Å². The minimum absolute atomic E-state index is 0.228. The maximum Gasteiger partial charge on any atom is 0.166 e. The van der Waals surface area contributed by atoms with E-state index >= 15 is 0 Å². The van der Waals surface area contributed by atoms with E-state index in [2.05, 4.69) is 170 Å². The summed E-state index contributed by atoms with van der Waals surface area (Å²) in [5.41, 5.74) is 13.3. The van der Waals surface area contributed by atoms with Crippen molar-refractivity contribution < 1.29 is 0 Å². The molecule has 0 radical (unpaired) electrons. The molecule has 2 heterocycles. The third-order valence-electron chi connectivity index (χ3n) is 10.7. The van der Waals surface area contributed by atoms with Crippen LogP contribution in [0.3, 0.4) is 0 Å². The van der Waals surface area contributed by atoms with E-state index in [0.717, 1.165) is 44.5 Å². The Morgan fingerprint density at radius 3 is 1.65 bits per heavy atom. The first-order chi connectivity index (χ1) is 25.6. The Balaban J connectivity index is 1.27. The number of nitrogens with zero attached hydrogens (tertiary/aromatic N) is 4. The number of aromatic nitrogens is 4. The monoisotopic (exact) mass is 666 g/mol. The molecule has 0 amide bonds. The molecule has 0 fully saturated rings. The predicted molar refractivity (Wildman–Crippen MR) is 213 cm³/mol. The summed E-state index contributed by atoms with van der Waals surface area (Å²) in [5, 5.41) is 2.41. The molecule has 4 heteroatoms. The van der Waals surface area contributed by atoms with Crippen molar-refractivity contribution in [3.8, 4) is 62.1 Å². The van der Waals surface area contributed by atoms with Crippen LogP contribution in [-0.4, -0.2) is 19.5 Å². The summed E-state index contributed by atoms with van der Waals surface area (Å²) >= 11 is 0. The van der Waals surface area contributed by atoms with Crippen molar-refractivity contribution in [1.29, 1.82) is 0 Å². The third kappa shape index (κ3) is 4.65. The minimum atomic E-state index is -0.228. The van der Waals surface area contributed by atoms with Gasteiger partial charge in [0.15, 0.2) is 17.5 Å². The average Bonchev–Trinajstić information content (AvgIpc) is 3.67. The molecule has 0 N–H and O–H groups in total. The molecule has 0 bridgehead atoms. The molecular formula is C48H34N4. The van der Waals surface area contributed by atoms with E-state index in [-0.39, 0.29) is 5.41 Å². The fourth-order valence-electron chi connectivity index (χ4n) is 8.27. The van der Waals surface area contributed by atoms with Crippen molar-refractivity contribution in [3.63, 3.8) is 0 Å². The molecule has 0 atom stereocenters. The second-order valence-corrected chi connectivity index (χ2v) is 14.0. The van der Waals surface area contributed by atoms with Crippen LogP contribution in [0.1, 0.15) is 25.0 Å². The van der Waals surface area contributed by atoms with Gasteiger partial charge in [-0.15, -0.1) is 0 Å². The largest absolute Gasteiger partial charge is 0.308 e. The van der Waals surface area contributed by atoms with Crippen LogP contribution >= 0.6 is 0 Å². The van der Waals surface area contributed by atoms with E-state index in [1.807, 2.05) is 18.2 Å². The molecule has 10 rings (SSSR count). The van der Waals surface area contributed by atoms with Crippen molar-refractivity contribution in [3.05, 3.63) is 181 Å². The van der Waals surface area contributed by atoms with Crippen LogP contribution in [0.5, 0.6) is 0 Å². The Hall–Kier alpha value is -6.65. The highest BCUT2D eigenvalue weighted by molar-refractivity contribution is 6.09. The minimum Gasteiger partial charge on any atom is -0.308 e. The highest BCUT2D eigenvalue weighted by Gasteiger charge is 2.38. The number of benzene rings is 7. The third-order valence-corrected chi connectivity index (χ3v) is 10.7. The summed E-state index contributed by atoms with van der Waals surface area (Å²) in [7, 11) is 0. The Morgan fingerprint density at radius 2 is 0.942 bits per heavy atom. The van der Waals surface area contributed by atoms with E-state index in [9.17, 15) is 0 Å². The lowest BCUT2D eigenvalue weighted by molar-refractivity contribution is 0.661. The summed E-state index contributed by atoms with van der Waals surface area (Å²) in [4.78, 5) is 15.9. The van der Waals surface area contributed by atoms with E-state index < -0.39 is 0 Å². The molecular weight excluding hydrogens is 633 g/mol. The van der Waals surface area contributed by atoms with E-state index in [1.54, 1.807) is 0 Å². The number of para-hydroxylation sites is 2. The Kier molecular flexibility index (Phi) is 6.80. The van der Waals surface area contributed by atoms with E-state index in [4.69, 9.17) is 15.0 Å². The fourth-order valence-corrected chi connectivity index (χ4v) is 8.27. The zero-order chi connectivity index (χ0) is 34.8. The Bertz CT molecular complexity index is 2760. The van der Waals surface area contributed by atoms with Crippen molar-refractivity contribution in [1.82, 2.24) is 19.5 Å². The summed E-state index contributed by atoms with van der Waals surface area (Å²) in [6.07, 6.45) is 0. The van der Waals surface area contributed by atoms with Crippen LogP contribution in [0.2, 0.25) is 0 Å². The van der Waals surface area contributed by atoms with Gasteiger partial charge in [-0.05, 0) is 57.6 Å². The number of hydrogen-bond donors (Lipinski definition) is 0. The van der Waals surface area contributed by atoms with Gasteiger partial charge in [-0.3, -0.25) is 0 Å². The smallest absolute Gasteiger partial charge is 0.166 e. The summed E-state index contributed by atoms with van der Waals surface area (Å²) in [5.74, 6) is 1.94. The van der Waals surface area contributed by atoms with Crippen LogP contribution in [-0.2, 0) is 5.41 Å². The molecule has 0 spiro atoms. The van der Waals surface area contributed by atoms with Gasteiger partial charge < -0.3 is 4.57 Å². The molecule has 1 aliphatic rings. The first-order valence-electron chi connectivity index (χ1n) is 17.8. The maximum absolute atomic E-state index is 5.40. The molecule has 4 nitrogen and oxygen atoms in total.